The van der Waals surface area contributed by atoms with Crippen molar-refractivity contribution in [3.8, 4) is 0 Å². The Bertz CT molecular complexity index is 838. The van der Waals surface area contributed by atoms with Crippen molar-refractivity contribution in [1.82, 2.24) is 20.8 Å². The van der Waals surface area contributed by atoms with Gasteiger partial charge >= 0.3 is 0 Å². The van der Waals surface area contributed by atoms with Gasteiger partial charge in [0.25, 0.3) is 0 Å². The van der Waals surface area contributed by atoms with E-state index < -0.39 is 17.7 Å². The third-order valence-corrected chi connectivity index (χ3v) is 6.35. The van der Waals surface area contributed by atoms with Crippen molar-refractivity contribution in [2.24, 2.45) is 23.7 Å². The molecule has 0 saturated carbocycles. The lowest BCUT2D eigenvalue weighted by Gasteiger charge is -2.31. The molecule has 1 aromatic rings. The van der Waals surface area contributed by atoms with E-state index in [4.69, 9.17) is 0 Å². The lowest BCUT2D eigenvalue weighted by atomic mass is 9.82. The molecule has 0 radical (unpaired) electrons. The van der Waals surface area contributed by atoms with Crippen LogP contribution in [-0.2, 0) is 14.4 Å². The number of carbonyl (C=O) groups excluding carboxylic acids is 3. The number of carbonyl (C=O) groups is 3. The van der Waals surface area contributed by atoms with Gasteiger partial charge < -0.3 is 4.90 Å². The number of benzene rings is 1. The Labute approximate surface area is 223 Å². The van der Waals surface area contributed by atoms with Crippen LogP contribution in [0.25, 0.3) is 6.08 Å². The maximum Gasteiger partial charge on any atom is 0.247 e. The number of nitrogens with one attached hydrogen (secondary N) is 2. The zero-order chi connectivity index (χ0) is 27.8. The molecule has 0 bridgehead atoms. The lowest BCUT2D eigenvalue weighted by molar-refractivity contribution is -0.148. The SMILES string of the molecule is CCN(CC)CCCC(=O)N(CC(C)C)NC(=O)[C@H](CC(C)C)[C@H](CC=Cc1ccccc1)C(=O)NO. The molecular formula is C29H48N4O4. The molecule has 0 aromatic heterocycles. The quantitative estimate of drug-likeness (QED) is 0.222. The second-order valence-corrected chi connectivity index (χ2v) is 10.4. The molecule has 3 amide bonds. The van der Waals surface area contributed by atoms with Crippen molar-refractivity contribution >= 4 is 23.8 Å². The number of amides is 3. The Balaban J connectivity index is 3.05. The topological polar surface area (TPSA) is 102 Å². The molecule has 1 aromatic carbocycles. The molecule has 0 aliphatic rings. The van der Waals surface area contributed by atoms with Crippen LogP contribution >= 0.6 is 0 Å². The summed E-state index contributed by atoms with van der Waals surface area (Å²) in [4.78, 5) is 41.6. The molecule has 3 N–H and O–H groups in total. The monoisotopic (exact) mass is 516 g/mol. The fourth-order valence-electron chi connectivity index (χ4n) is 4.33. The average Bonchev–Trinajstić information content (AvgIpc) is 2.87. The van der Waals surface area contributed by atoms with E-state index >= 15 is 0 Å². The van der Waals surface area contributed by atoms with Gasteiger partial charge in [0.1, 0.15) is 0 Å². The van der Waals surface area contributed by atoms with Crippen molar-refractivity contribution in [3.05, 3.63) is 42.0 Å². The Morgan fingerprint density at radius 2 is 1.59 bits per heavy atom. The Morgan fingerprint density at radius 1 is 0.946 bits per heavy atom. The van der Waals surface area contributed by atoms with Gasteiger partial charge in [0, 0.05) is 13.0 Å². The zero-order valence-corrected chi connectivity index (χ0v) is 23.6. The normalized spacial score (nSPS) is 13.2. The van der Waals surface area contributed by atoms with Crippen molar-refractivity contribution < 1.29 is 19.6 Å². The molecule has 0 spiro atoms. The first-order chi connectivity index (χ1) is 17.6. The summed E-state index contributed by atoms with van der Waals surface area (Å²) >= 11 is 0. The van der Waals surface area contributed by atoms with Gasteiger partial charge in [-0.3, -0.25) is 30.0 Å². The van der Waals surface area contributed by atoms with E-state index in [0.717, 1.165) is 25.2 Å². The molecule has 208 valence electrons. The summed E-state index contributed by atoms with van der Waals surface area (Å²) in [6, 6.07) is 9.68. The van der Waals surface area contributed by atoms with Gasteiger partial charge in [0.05, 0.1) is 11.8 Å². The number of hydrazine groups is 1. The first-order valence-electron chi connectivity index (χ1n) is 13.6. The largest absolute Gasteiger partial charge is 0.304 e. The van der Waals surface area contributed by atoms with E-state index in [-0.39, 0.29) is 30.1 Å². The minimum Gasteiger partial charge on any atom is -0.304 e. The van der Waals surface area contributed by atoms with Gasteiger partial charge in [-0.1, -0.05) is 84.0 Å². The van der Waals surface area contributed by atoms with Gasteiger partial charge in [-0.05, 0) is 56.3 Å². The summed E-state index contributed by atoms with van der Waals surface area (Å²) < 4.78 is 0. The molecule has 0 saturated heterocycles. The third-order valence-electron chi connectivity index (χ3n) is 6.35. The smallest absolute Gasteiger partial charge is 0.247 e. The molecule has 0 aliphatic carbocycles. The summed E-state index contributed by atoms with van der Waals surface area (Å²) in [5.74, 6) is -2.35. The van der Waals surface area contributed by atoms with Crippen LogP contribution in [0.1, 0.15) is 72.8 Å². The summed E-state index contributed by atoms with van der Waals surface area (Å²) in [5, 5.41) is 10.8. The van der Waals surface area contributed by atoms with Crippen molar-refractivity contribution in [3.63, 3.8) is 0 Å². The molecule has 0 fully saturated rings. The summed E-state index contributed by atoms with van der Waals surface area (Å²) in [6.07, 6.45) is 5.49. The molecule has 8 heteroatoms. The molecule has 37 heavy (non-hydrogen) atoms. The highest BCUT2D eigenvalue weighted by molar-refractivity contribution is 5.89. The van der Waals surface area contributed by atoms with Crippen molar-refractivity contribution in [2.45, 2.75) is 67.2 Å². The standard InChI is InChI=1S/C29H48N4O4/c1-7-32(8-2)19-13-18-27(34)33(21-23(5)6)30-28(35)26(20-22(3)4)25(29(36)31-37)17-12-16-24-14-10-9-11-15-24/h9-12,14-16,22-23,25-26,37H,7-8,13,17-21H2,1-6H3,(H,30,35)(H,31,36)/t25-,26+/m0/s1. The van der Waals surface area contributed by atoms with Crippen molar-refractivity contribution in [2.75, 3.05) is 26.2 Å². The number of hydroxylamine groups is 1. The van der Waals surface area contributed by atoms with Crippen LogP contribution in [0.15, 0.2) is 36.4 Å². The van der Waals surface area contributed by atoms with E-state index in [2.05, 4.69) is 24.2 Å². The number of rotatable bonds is 16. The highest BCUT2D eigenvalue weighted by Crippen LogP contribution is 2.26. The summed E-state index contributed by atoms with van der Waals surface area (Å²) in [5.41, 5.74) is 5.56. The van der Waals surface area contributed by atoms with Gasteiger partial charge in [0.2, 0.25) is 17.7 Å². The fourth-order valence-corrected chi connectivity index (χ4v) is 4.33. The minimum atomic E-state index is -0.786. The van der Waals surface area contributed by atoms with Crippen LogP contribution in [0.3, 0.4) is 0 Å². The molecule has 0 heterocycles. The number of allylic oxidation sites excluding steroid dienone is 1. The van der Waals surface area contributed by atoms with Crippen LogP contribution < -0.4 is 10.9 Å². The highest BCUT2D eigenvalue weighted by atomic mass is 16.5. The zero-order valence-electron chi connectivity index (χ0n) is 23.6. The molecule has 0 aliphatic heterocycles. The number of nitrogens with zero attached hydrogens (tertiary/aromatic N) is 2. The van der Waals surface area contributed by atoms with Crippen molar-refractivity contribution in [1.29, 1.82) is 0 Å². The predicted molar refractivity (Wildman–Crippen MR) is 148 cm³/mol. The van der Waals surface area contributed by atoms with Gasteiger partial charge in [-0.25, -0.2) is 5.48 Å². The van der Waals surface area contributed by atoms with E-state index in [1.54, 1.807) is 5.48 Å². The first-order valence-corrected chi connectivity index (χ1v) is 13.6. The van der Waals surface area contributed by atoms with E-state index in [1.807, 2.05) is 70.2 Å². The van der Waals surface area contributed by atoms with E-state index in [9.17, 15) is 19.6 Å². The van der Waals surface area contributed by atoms with Gasteiger partial charge in [-0.15, -0.1) is 0 Å². The minimum absolute atomic E-state index is 0.131. The number of hydrogen-bond donors (Lipinski definition) is 3. The van der Waals surface area contributed by atoms with Gasteiger partial charge in [-0.2, -0.15) is 0 Å². The molecule has 1 rings (SSSR count). The molecule has 8 nitrogen and oxygen atoms in total. The third kappa shape index (κ3) is 12.4. The average molecular weight is 517 g/mol. The van der Waals surface area contributed by atoms with E-state index in [0.29, 0.717) is 25.8 Å². The van der Waals surface area contributed by atoms with Crippen LogP contribution in [0.4, 0.5) is 0 Å². The lowest BCUT2D eigenvalue weighted by Crippen LogP contribution is -2.52. The molecule has 2 atom stereocenters. The Kier molecular flexibility index (Phi) is 15.5. The summed E-state index contributed by atoms with van der Waals surface area (Å²) in [7, 11) is 0. The first kappa shape index (κ1) is 32.3. The van der Waals surface area contributed by atoms with Crippen LogP contribution in [0, 0.1) is 23.7 Å². The number of hydrogen-bond acceptors (Lipinski definition) is 5. The maximum absolute atomic E-state index is 13.5. The van der Waals surface area contributed by atoms with E-state index in [1.165, 1.54) is 5.01 Å². The maximum atomic E-state index is 13.5. The Hall–Kier alpha value is -2.71. The Morgan fingerprint density at radius 3 is 2.14 bits per heavy atom. The van der Waals surface area contributed by atoms with Crippen LogP contribution in [-0.4, -0.2) is 59.0 Å². The molecular weight excluding hydrogens is 468 g/mol. The summed E-state index contributed by atoms with van der Waals surface area (Å²) in [6.45, 7) is 15.2. The van der Waals surface area contributed by atoms with Gasteiger partial charge in [0.15, 0.2) is 0 Å². The molecule has 0 unspecified atom stereocenters. The van der Waals surface area contributed by atoms with Crippen LogP contribution in [0.2, 0.25) is 0 Å². The predicted octanol–water partition coefficient (Wildman–Crippen LogP) is 4.51. The fraction of sp³-hybridized carbons (Fsp3) is 0.621. The second-order valence-electron chi connectivity index (χ2n) is 10.4. The second kappa shape index (κ2) is 17.7. The van der Waals surface area contributed by atoms with Crippen LogP contribution in [0.5, 0.6) is 0 Å². The highest BCUT2D eigenvalue weighted by Gasteiger charge is 2.35.